The minimum Gasteiger partial charge on any atom is -0.550 e. The van der Waals surface area contributed by atoms with Crippen molar-refractivity contribution in [3.63, 3.8) is 0 Å². The quantitative estimate of drug-likeness (QED) is 0.545. The molecule has 58 valence electrons. The van der Waals surface area contributed by atoms with Crippen molar-refractivity contribution < 1.29 is 14.7 Å². The Labute approximate surface area is 60.0 Å². The van der Waals surface area contributed by atoms with E-state index in [0.717, 1.165) is 0 Å². The number of ketones is 1. The van der Waals surface area contributed by atoms with Crippen molar-refractivity contribution >= 4 is 11.8 Å². The van der Waals surface area contributed by atoms with Gasteiger partial charge in [0.1, 0.15) is 5.78 Å². The standard InChI is InChI=1S/C7H12O3/c1-5(6(2)8)3-4-7(9)10/h5H,3-4H2,1-2H3,(H,9,10)/p-1/t5-/m0/s1. The van der Waals surface area contributed by atoms with Gasteiger partial charge >= 0.3 is 0 Å². The molecule has 0 aromatic rings. The van der Waals surface area contributed by atoms with Crippen LogP contribution in [0.15, 0.2) is 0 Å². The van der Waals surface area contributed by atoms with E-state index in [-0.39, 0.29) is 18.1 Å². The van der Waals surface area contributed by atoms with E-state index in [4.69, 9.17) is 0 Å². The van der Waals surface area contributed by atoms with Gasteiger partial charge in [0, 0.05) is 11.9 Å². The van der Waals surface area contributed by atoms with E-state index in [1.165, 1.54) is 6.92 Å². The fourth-order valence-corrected chi connectivity index (χ4v) is 0.538. The molecular formula is C7H11O3-. The van der Waals surface area contributed by atoms with Crippen molar-refractivity contribution in [3.8, 4) is 0 Å². The normalized spacial score (nSPS) is 12.6. The molecule has 0 aromatic carbocycles. The van der Waals surface area contributed by atoms with Crippen LogP contribution in [-0.2, 0) is 9.59 Å². The highest BCUT2D eigenvalue weighted by Gasteiger charge is 2.05. The predicted octanol–water partition coefficient (Wildman–Crippen LogP) is -0.258. The van der Waals surface area contributed by atoms with E-state index in [2.05, 4.69) is 0 Å². The third-order valence-corrected chi connectivity index (χ3v) is 1.48. The van der Waals surface area contributed by atoms with Crippen molar-refractivity contribution in [2.24, 2.45) is 5.92 Å². The lowest BCUT2D eigenvalue weighted by Gasteiger charge is -2.06. The van der Waals surface area contributed by atoms with E-state index in [1.54, 1.807) is 6.92 Å². The summed E-state index contributed by atoms with van der Waals surface area (Å²) >= 11 is 0. The molecule has 0 aliphatic carbocycles. The first-order valence-electron chi connectivity index (χ1n) is 3.24. The molecule has 0 aliphatic rings. The van der Waals surface area contributed by atoms with Crippen molar-refractivity contribution in [2.45, 2.75) is 26.7 Å². The fourth-order valence-electron chi connectivity index (χ4n) is 0.538. The summed E-state index contributed by atoms with van der Waals surface area (Å²) in [4.78, 5) is 20.4. The Bertz CT molecular complexity index is 140. The molecule has 0 heterocycles. The Hall–Kier alpha value is -0.860. The molecular weight excluding hydrogens is 132 g/mol. The lowest BCUT2D eigenvalue weighted by molar-refractivity contribution is -0.305. The molecule has 0 fully saturated rings. The maximum atomic E-state index is 10.5. The molecule has 0 bridgehead atoms. The van der Waals surface area contributed by atoms with E-state index in [1.807, 2.05) is 0 Å². The van der Waals surface area contributed by atoms with Gasteiger partial charge in [-0.25, -0.2) is 0 Å². The van der Waals surface area contributed by atoms with Crippen LogP contribution in [0.25, 0.3) is 0 Å². The van der Waals surface area contributed by atoms with Gasteiger partial charge in [-0.3, -0.25) is 4.79 Å². The third-order valence-electron chi connectivity index (χ3n) is 1.48. The number of carboxylic acids is 1. The average Bonchev–Trinajstić information content (AvgIpc) is 1.82. The summed E-state index contributed by atoms with van der Waals surface area (Å²) in [6.45, 7) is 3.17. The molecule has 3 nitrogen and oxygen atoms in total. The molecule has 0 amide bonds. The summed E-state index contributed by atoms with van der Waals surface area (Å²) in [6, 6.07) is 0. The highest BCUT2D eigenvalue weighted by Crippen LogP contribution is 2.04. The fraction of sp³-hybridized carbons (Fsp3) is 0.714. The monoisotopic (exact) mass is 143 g/mol. The number of carboxylic acid groups (broad SMARTS) is 1. The Kier molecular flexibility index (Phi) is 3.69. The first-order valence-corrected chi connectivity index (χ1v) is 3.24. The van der Waals surface area contributed by atoms with Crippen molar-refractivity contribution in [1.29, 1.82) is 0 Å². The lowest BCUT2D eigenvalue weighted by Crippen LogP contribution is -2.23. The van der Waals surface area contributed by atoms with Gasteiger partial charge in [-0.15, -0.1) is 0 Å². The Morgan fingerprint density at radius 1 is 1.50 bits per heavy atom. The summed E-state index contributed by atoms with van der Waals surface area (Å²) in [7, 11) is 0. The second-order valence-electron chi connectivity index (χ2n) is 2.42. The first kappa shape index (κ1) is 9.14. The lowest BCUT2D eigenvalue weighted by atomic mass is 10.0. The van der Waals surface area contributed by atoms with Gasteiger partial charge in [0.15, 0.2) is 0 Å². The number of aliphatic carboxylic acids is 1. The van der Waals surface area contributed by atoms with Gasteiger partial charge in [-0.05, 0) is 19.8 Å². The summed E-state index contributed by atoms with van der Waals surface area (Å²) in [5.74, 6) is -1.22. The number of rotatable bonds is 4. The Morgan fingerprint density at radius 3 is 2.30 bits per heavy atom. The molecule has 0 saturated heterocycles. The second kappa shape index (κ2) is 4.04. The third kappa shape index (κ3) is 4.06. The SMILES string of the molecule is CC(=O)[C@@H](C)CCC(=O)[O-]. The van der Waals surface area contributed by atoms with Gasteiger partial charge in [-0.2, -0.15) is 0 Å². The molecule has 0 N–H and O–H groups in total. The Morgan fingerprint density at radius 2 is 2.00 bits per heavy atom. The largest absolute Gasteiger partial charge is 0.550 e. The summed E-state index contributed by atoms with van der Waals surface area (Å²) in [5, 5.41) is 9.90. The van der Waals surface area contributed by atoms with Crippen LogP contribution < -0.4 is 5.11 Å². The van der Waals surface area contributed by atoms with Crippen LogP contribution in [0.5, 0.6) is 0 Å². The smallest absolute Gasteiger partial charge is 0.132 e. The van der Waals surface area contributed by atoms with E-state index in [0.29, 0.717) is 6.42 Å². The number of hydrogen-bond acceptors (Lipinski definition) is 3. The minimum atomic E-state index is -1.09. The number of Topliss-reactive ketones (excluding diaryl/α,β-unsaturated/α-hetero) is 1. The van der Waals surface area contributed by atoms with Gasteiger partial charge in [-0.1, -0.05) is 6.92 Å². The zero-order valence-corrected chi connectivity index (χ0v) is 6.22. The zero-order chi connectivity index (χ0) is 8.15. The molecule has 10 heavy (non-hydrogen) atoms. The molecule has 0 saturated carbocycles. The molecule has 0 radical (unpaired) electrons. The van der Waals surface area contributed by atoms with Crippen LogP contribution in [0.3, 0.4) is 0 Å². The van der Waals surface area contributed by atoms with Gasteiger partial charge in [0.25, 0.3) is 0 Å². The van der Waals surface area contributed by atoms with Gasteiger partial charge < -0.3 is 9.90 Å². The second-order valence-corrected chi connectivity index (χ2v) is 2.42. The molecule has 0 rings (SSSR count). The molecule has 0 aliphatic heterocycles. The molecule has 1 atom stereocenters. The maximum absolute atomic E-state index is 10.5. The number of hydrogen-bond donors (Lipinski definition) is 0. The number of carbonyl (C=O) groups excluding carboxylic acids is 2. The van der Waals surface area contributed by atoms with E-state index >= 15 is 0 Å². The highest BCUT2D eigenvalue weighted by molar-refractivity contribution is 5.78. The number of carbonyl (C=O) groups is 2. The Balaban J connectivity index is 3.49. The maximum Gasteiger partial charge on any atom is 0.132 e. The van der Waals surface area contributed by atoms with Crippen LogP contribution in [0.4, 0.5) is 0 Å². The van der Waals surface area contributed by atoms with Crippen LogP contribution in [-0.4, -0.2) is 11.8 Å². The average molecular weight is 143 g/mol. The van der Waals surface area contributed by atoms with Crippen LogP contribution in [0.2, 0.25) is 0 Å². The minimum absolute atomic E-state index is 0.0270. The van der Waals surface area contributed by atoms with E-state index < -0.39 is 5.97 Å². The highest BCUT2D eigenvalue weighted by atomic mass is 16.4. The zero-order valence-electron chi connectivity index (χ0n) is 6.22. The molecule has 3 heteroatoms. The molecule has 0 unspecified atom stereocenters. The molecule has 0 spiro atoms. The van der Waals surface area contributed by atoms with Crippen LogP contribution in [0, 0.1) is 5.92 Å². The van der Waals surface area contributed by atoms with Crippen LogP contribution in [0.1, 0.15) is 26.7 Å². The topological polar surface area (TPSA) is 57.2 Å². The summed E-state index contributed by atoms with van der Waals surface area (Å²) < 4.78 is 0. The van der Waals surface area contributed by atoms with E-state index in [9.17, 15) is 14.7 Å². The molecule has 0 aromatic heterocycles. The first-order chi connectivity index (χ1) is 4.54. The van der Waals surface area contributed by atoms with Gasteiger partial charge in [0.2, 0.25) is 0 Å². The van der Waals surface area contributed by atoms with Crippen molar-refractivity contribution in [3.05, 3.63) is 0 Å². The summed E-state index contributed by atoms with van der Waals surface area (Å²) in [5.41, 5.74) is 0. The van der Waals surface area contributed by atoms with Crippen molar-refractivity contribution in [2.75, 3.05) is 0 Å². The van der Waals surface area contributed by atoms with Gasteiger partial charge in [0.05, 0.1) is 0 Å². The van der Waals surface area contributed by atoms with Crippen molar-refractivity contribution in [1.82, 2.24) is 0 Å². The van der Waals surface area contributed by atoms with Crippen LogP contribution >= 0.6 is 0 Å². The summed E-state index contributed by atoms with van der Waals surface area (Å²) in [6.07, 6.45) is 0.360. The predicted molar refractivity (Wildman–Crippen MR) is 34.1 cm³/mol.